The Morgan fingerprint density at radius 3 is 2.93 bits per heavy atom. The fraction of sp³-hybridized carbons (Fsp3) is 0.167. The van der Waals surface area contributed by atoms with Gasteiger partial charge in [0.15, 0.2) is 0 Å². The molecule has 0 N–H and O–H groups in total. The molecule has 0 unspecified atom stereocenters. The minimum absolute atomic E-state index is 0.225. The zero-order chi connectivity index (χ0) is 11.1. The highest BCUT2D eigenvalue weighted by Crippen LogP contribution is 2.11. The van der Waals surface area contributed by atoms with E-state index < -0.39 is 0 Å². The van der Waals surface area contributed by atoms with Gasteiger partial charge >= 0.3 is 5.97 Å². The smallest absolute Gasteiger partial charge is 0.309 e. The Labute approximate surface area is 88.6 Å². The van der Waals surface area contributed by atoms with E-state index in [0.29, 0.717) is 0 Å². The topological polar surface area (TPSA) is 50.1 Å². The largest absolute Gasteiger partial charge is 0.469 e. The molecule has 0 aliphatic rings. The van der Waals surface area contributed by atoms with Gasteiger partial charge < -0.3 is 4.74 Å². The summed E-state index contributed by atoms with van der Waals surface area (Å²) >= 11 is 0. The van der Waals surface area contributed by atoms with Gasteiger partial charge in [0.25, 0.3) is 0 Å². The van der Waals surface area contributed by atoms with Gasteiger partial charge in [0.2, 0.25) is 0 Å². The number of nitrogens with zero attached hydrogens (tertiary/aromatic N) is 1. The predicted octanol–water partition coefficient (Wildman–Crippen LogP) is 1.94. The molecule has 0 bridgehead atoms. The standard InChI is InChI=1S/C12H11NO2/c1-15-12(14)9-11-6-3-2-5-10(11)7-4-8-13/h2-7H,9H2,1H3. The van der Waals surface area contributed by atoms with Crippen LogP contribution in [0.25, 0.3) is 6.08 Å². The second-order valence-electron chi connectivity index (χ2n) is 2.91. The van der Waals surface area contributed by atoms with Gasteiger partial charge in [-0.1, -0.05) is 24.3 Å². The van der Waals surface area contributed by atoms with Crippen LogP contribution in [0.2, 0.25) is 0 Å². The summed E-state index contributed by atoms with van der Waals surface area (Å²) in [6, 6.07) is 9.32. The van der Waals surface area contributed by atoms with Gasteiger partial charge in [-0.2, -0.15) is 5.26 Å². The highest BCUT2D eigenvalue weighted by atomic mass is 16.5. The Bertz CT molecular complexity index is 416. The van der Waals surface area contributed by atoms with Crippen LogP contribution in [0, 0.1) is 11.3 Å². The Morgan fingerprint density at radius 2 is 2.27 bits per heavy atom. The molecule has 15 heavy (non-hydrogen) atoms. The Hall–Kier alpha value is -2.08. The number of hydrogen-bond acceptors (Lipinski definition) is 3. The van der Waals surface area contributed by atoms with Crippen LogP contribution in [0.1, 0.15) is 11.1 Å². The molecule has 1 aromatic carbocycles. The van der Waals surface area contributed by atoms with Gasteiger partial charge in [0.1, 0.15) is 0 Å². The van der Waals surface area contributed by atoms with Crippen molar-refractivity contribution in [1.29, 1.82) is 5.26 Å². The molecule has 0 aliphatic heterocycles. The van der Waals surface area contributed by atoms with E-state index in [9.17, 15) is 4.79 Å². The van der Waals surface area contributed by atoms with Crippen molar-refractivity contribution in [3.05, 3.63) is 41.5 Å². The highest BCUT2D eigenvalue weighted by Gasteiger charge is 2.05. The van der Waals surface area contributed by atoms with E-state index in [0.717, 1.165) is 11.1 Å². The molecule has 3 nitrogen and oxygen atoms in total. The van der Waals surface area contributed by atoms with Gasteiger partial charge in [-0.3, -0.25) is 4.79 Å². The lowest BCUT2D eigenvalue weighted by atomic mass is 10.0. The number of nitriles is 1. The number of hydrogen-bond donors (Lipinski definition) is 0. The number of carbonyl (C=O) groups excluding carboxylic acids is 1. The van der Waals surface area contributed by atoms with Crippen molar-refractivity contribution in [2.24, 2.45) is 0 Å². The SMILES string of the molecule is COC(=O)Cc1ccccc1C=CC#N. The van der Waals surface area contributed by atoms with Crippen LogP contribution in [-0.4, -0.2) is 13.1 Å². The first kappa shape index (κ1) is 11.0. The third-order valence-electron chi connectivity index (χ3n) is 1.95. The van der Waals surface area contributed by atoms with Crippen LogP contribution in [0.15, 0.2) is 30.3 Å². The quantitative estimate of drug-likeness (QED) is 0.554. The van der Waals surface area contributed by atoms with Crippen LogP contribution in [0.5, 0.6) is 0 Å². The summed E-state index contributed by atoms with van der Waals surface area (Å²) in [5.74, 6) is -0.284. The van der Waals surface area contributed by atoms with Gasteiger partial charge in [-0.05, 0) is 17.2 Å². The van der Waals surface area contributed by atoms with Crippen molar-refractivity contribution in [3.8, 4) is 6.07 Å². The summed E-state index contributed by atoms with van der Waals surface area (Å²) < 4.78 is 4.59. The fourth-order valence-electron chi connectivity index (χ4n) is 1.21. The average molecular weight is 201 g/mol. The van der Waals surface area contributed by atoms with Crippen molar-refractivity contribution in [2.75, 3.05) is 7.11 Å². The van der Waals surface area contributed by atoms with E-state index >= 15 is 0 Å². The lowest BCUT2D eigenvalue weighted by molar-refractivity contribution is -0.139. The van der Waals surface area contributed by atoms with Crippen LogP contribution < -0.4 is 0 Å². The van der Waals surface area contributed by atoms with Crippen molar-refractivity contribution >= 4 is 12.0 Å². The number of carbonyl (C=O) groups is 1. The van der Waals surface area contributed by atoms with E-state index in [1.165, 1.54) is 13.2 Å². The summed E-state index contributed by atoms with van der Waals surface area (Å²) in [6.07, 6.45) is 3.29. The first-order valence-corrected chi connectivity index (χ1v) is 4.49. The molecule has 76 valence electrons. The second-order valence-corrected chi connectivity index (χ2v) is 2.91. The van der Waals surface area contributed by atoms with E-state index in [1.54, 1.807) is 6.08 Å². The number of esters is 1. The molecule has 0 amide bonds. The molecule has 0 aliphatic carbocycles. The van der Waals surface area contributed by atoms with Crippen molar-refractivity contribution < 1.29 is 9.53 Å². The minimum atomic E-state index is -0.284. The van der Waals surface area contributed by atoms with Gasteiger partial charge in [0.05, 0.1) is 19.6 Å². The minimum Gasteiger partial charge on any atom is -0.469 e. The predicted molar refractivity (Wildman–Crippen MR) is 56.8 cm³/mol. The van der Waals surface area contributed by atoms with Crippen LogP contribution in [-0.2, 0) is 16.0 Å². The number of rotatable bonds is 3. The molecule has 0 heterocycles. The Morgan fingerprint density at radius 1 is 1.53 bits per heavy atom. The van der Waals surface area contributed by atoms with E-state index in [1.807, 2.05) is 30.3 Å². The lowest BCUT2D eigenvalue weighted by Gasteiger charge is -2.03. The summed E-state index contributed by atoms with van der Waals surface area (Å²) in [5.41, 5.74) is 1.72. The number of benzene rings is 1. The molecule has 0 atom stereocenters. The van der Waals surface area contributed by atoms with Crippen molar-refractivity contribution in [2.45, 2.75) is 6.42 Å². The van der Waals surface area contributed by atoms with Crippen molar-refractivity contribution in [1.82, 2.24) is 0 Å². The maximum Gasteiger partial charge on any atom is 0.309 e. The molecule has 0 saturated heterocycles. The molecule has 0 fully saturated rings. The van der Waals surface area contributed by atoms with Crippen molar-refractivity contribution in [3.63, 3.8) is 0 Å². The van der Waals surface area contributed by atoms with Crippen LogP contribution >= 0.6 is 0 Å². The molecule has 0 spiro atoms. The lowest BCUT2D eigenvalue weighted by Crippen LogP contribution is -2.05. The first-order valence-electron chi connectivity index (χ1n) is 4.49. The zero-order valence-corrected chi connectivity index (χ0v) is 8.43. The maximum atomic E-state index is 11.1. The Balaban J connectivity index is 2.92. The molecule has 0 saturated carbocycles. The van der Waals surface area contributed by atoms with Gasteiger partial charge in [0, 0.05) is 6.08 Å². The molecular weight excluding hydrogens is 190 g/mol. The van der Waals surface area contributed by atoms with Crippen LogP contribution in [0.4, 0.5) is 0 Å². The summed E-state index contributed by atoms with van der Waals surface area (Å²) in [7, 11) is 1.36. The third kappa shape index (κ3) is 3.28. The van der Waals surface area contributed by atoms with Crippen LogP contribution in [0.3, 0.4) is 0 Å². The molecule has 1 aromatic rings. The molecular formula is C12H11NO2. The molecule has 3 heteroatoms. The fourth-order valence-corrected chi connectivity index (χ4v) is 1.21. The zero-order valence-electron chi connectivity index (χ0n) is 8.43. The molecule has 0 radical (unpaired) electrons. The second kappa shape index (κ2) is 5.61. The summed E-state index contributed by atoms with van der Waals surface area (Å²) in [6.45, 7) is 0. The van der Waals surface area contributed by atoms with Gasteiger partial charge in [-0.15, -0.1) is 0 Å². The summed E-state index contributed by atoms with van der Waals surface area (Å²) in [4.78, 5) is 11.1. The normalized spacial score (nSPS) is 9.87. The molecule has 1 rings (SSSR count). The monoisotopic (exact) mass is 201 g/mol. The van der Waals surface area contributed by atoms with E-state index in [4.69, 9.17) is 5.26 Å². The van der Waals surface area contributed by atoms with E-state index in [2.05, 4.69) is 4.74 Å². The first-order chi connectivity index (χ1) is 7.27. The average Bonchev–Trinajstić information content (AvgIpc) is 2.28. The Kier molecular flexibility index (Phi) is 4.11. The third-order valence-corrected chi connectivity index (χ3v) is 1.95. The number of allylic oxidation sites excluding steroid dienone is 1. The van der Waals surface area contributed by atoms with E-state index in [-0.39, 0.29) is 12.4 Å². The summed E-state index contributed by atoms with van der Waals surface area (Å²) in [5, 5.41) is 8.42. The highest BCUT2D eigenvalue weighted by molar-refractivity contribution is 5.74. The van der Waals surface area contributed by atoms with Gasteiger partial charge in [-0.25, -0.2) is 0 Å². The number of ether oxygens (including phenoxy) is 1. The molecule has 0 aromatic heterocycles. The maximum absolute atomic E-state index is 11.1. The number of methoxy groups -OCH3 is 1.